The first-order valence-corrected chi connectivity index (χ1v) is 27.2. The van der Waals surface area contributed by atoms with Crippen LogP contribution >= 0.6 is 27.3 Å². The van der Waals surface area contributed by atoms with E-state index in [1.54, 1.807) is 96.3 Å². The predicted octanol–water partition coefficient (Wildman–Crippen LogP) is 14.7. The topological polar surface area (TPSA) is 25.8 Å². The minimum absolute atomic E-state index is 0.0465. The summed E-state index contributed by atoms with van der Waals surface area (Å²) in [6, 6.07) is 38.5. The van der Waals surface area contributed by atoms with Crippen molar-refractivity contribution in [2.75, 3.05) is 0 Å². The van der Waals surface area contributed by atoms with Gasteiger partial charge in [-0.15, -0.1) is 0 Å². The fourth-order valence-electron chi connectivity index (χ4n) is 8.30. The van der Waals surface area contributed by atoms with Crippen LogP contribution in [0, 0.1) is 0 Å². The Labute approximate surface area is 340 Å². The number of hydrogen-bond acceptors (Lipinski definition) is 2. The Morgan fingerprint density at radius 2 is 0.759 bits per heavy atom. The summed E-state index contributed by atoms with van der Waals surface area (Å²) < 4.78 is 2.91. The Hall–Kier alpha value is -2.76. The molecular formula is C48H58Cl2N2PRu+. The molecule has 0 atom stereocenters. The maximum absolute atomic E-state index is 5.59. The molecule has 3 aliphatic rings. The van der Waals surface area contributed by atoms with Gasteiger partial charge in [-0.1, -0.05) is 79.9 Å². The molecule has 0 saturated heterocycles. The van der Waals surface area contributed by atoms with Crippen LogP contribution in [0.4, 0.5) is 0 Å². The van der Waals surface area contributed by atoms with Crippen LogP contribution < -0.4 is 0 Å². The Kier molecular flexibility index (Phi) is 19.9. The van der Waals surface area contributed by atoms with E-state index in [2.05, 4.69) is 38.5 Å². The van der Waals surface area contributed by atoms with Crippen LogP contribution in [0.2, 0.25) is 0 Å². The standard InChI is InChI=1S/C18H33P.2C11H9N.C8H6.2ClH.Ru/c1-4-10-16(11-5-1)19(17-12-6-2-7-13-17)18-14-8-3-9-15-18;2*1-2-4-10(5-3-1)11-6-8-12-9-7-11;1-2-8-6-4-3-5-7-8;;;/h16-18H,1-15H2;2*1-9H;2-7H;2*1H;/q;;;;;;+2/p-1. The van der Waals surface area contributed by atoms with Crippen molar-refractivity contribution in [3.05, 3.63) is 146 Å². The summed E-state index contributed by atoms with van der Waals surface area (Å²) in [5.74, 6) is 0. The summed E-state index contributed by atoms with van der Waals surface area (Å²) in [7, 11) is 11.1. The van der Waals surface area contributed by atoms with Gasteiger partial charge in [0.15, 0.2) is 0 Å². The molecule has 286 valence electrons. The molecule has 3 aromatic carbocycles. The Balaban J connectivity index is 0.000000143. The maximum Gasteiger partial charge on any atom is 0.0273 e. The van der Waals surface area contributed by atoms with Gasteiger partial charge in [0.05, 0.1) is 17.0 Å². The number of rotatable bonds is 6. The van der Waals surface area contributed by atoms with Gasteiger partial charge in [0.1, 0.15) is 0 Å². The third kappa shape index (κ3) is 15.4. The van der Waals surface area contributed by atoms with E-state index in [-0.39, 0.29) is 7.92 Å². The molecule has 2 heterocycles. The molecule has 3 saturated carbocycles. The molecule has 0 amide bonds. The van der Waals surface area contributed by atoms with Crippen LogP contribution in [0.5, 0.6) is 0 Å². The third-order valence-corrected chi connectivity index (χ3v) is 17.0. The molecule has 0 spiro atoms. The normalized spacial score (nSPS) is 16.5. The van der Waals surface area contributed by atoms with E-state index < -0.39 is 13.5 Å². The fraction of sp³-hybridized carbons (Fsp3) is 0.375. The molecule has 2 nitrogen and oxygen atoms in total. The average molecular weight is 866 g/mol. The summed E-state index contributed by atoms with van der Waals surface area (Å²) >= 11 is -1.74. The molecule has 0 bridgehead atoms. The zero-order valence-corrected chi connectivity index (χ0v) is 35.9. The predicted molar refractivity (Wildman–Crippen MR) is 236 cm³/mol. The molecule has 54 heavy (non-hydrogen) atoms. The van der Waals surface area contributed by atoms with Crippen LogP contribution in [0.3, 0.4) is 0 Å². The zero-order valence-electron chi connectivity index (χ0n) is 31.7. The summed E-state index contributed by atoms with van der Waals surface area (Å²) in [5.41, 5.74) is 9.67. The van der Waals surface area contributed by atoms with Gasteiger partial charge in [-0.05, 0) is 124 Å². The molecule has 2 aromatic heterocycles. The van der Waals surface area contributed by atoms with Gasteiger partial charge in [-0.3, -0.25) is 9.97 Å². The molecule has 8 rings (SSSR count). The van der Waals surface area contributed by atoms with Crippen molar-refractivity contribution in [3.8, 4) is 22.3 Å². The van der Waals surface area contributed by atoms with Crippen molar-refractivity contribution in [1.82, 2.24) is 9.97 Å². The van der Waals surface area contributed by atoms with Crippen molar-refractivity contribution in [1.29, 1.82) is 0 Å². The van der Waals surface area contributed by atoms with E-state index in [4.69, 9.17) is 19.4 Å². The first kappa shape index (κ1) is 42.4. The summed E-state index contributed by atoms with van der Waals surface area (Å²) in [5, 5.41) is 0. The average Bonchev–Trinajstić information content (AvgIpc) is 3.26. The Morgan fingerprint density at radius 1 is 0.444 bits per heavy atom. The van der Waals surface area contributed by atoms with Crippen LogP contribution in [0.1, 0.15) is 102 Å². The van der Waals surface area contributed by atoms with Crippen molar-refractivity contribution >= 4 is 37.6 Å². The van der Waals surface area contributed by atoms with Gasteiger partial charge >= 0.3 is 79.1 Å². The van der Waals surface area contributed by atoms with Crippen LogP contribution in [-0.2, 0) is 13.5 Å². The quantitative estimate of drug-likeness (QED) is 0.126. The second-order valence-corrected chi connectivity index (χ2v) is 23.4. The van der Waals surface area contributed by atoms with Crippen LogP contribution in [0.25, 0.3) is 28.3 Å². The van der Waals surface area contributed by atoms with Crippen molar-refractivity contribution in [2.45, 2.75) is 113 Å². The molecule has 0 radical (unpaired) electrons. The second kappa shape index (κ2) is 25.4. The van der Waals surface area contributed by atoms with E-state index in [0.717, 1.165) is 5.56 Å². The molecule has 6 heteroatoms. The number of halogens is 2. The molecule has 5 aromatic rings. The van der Waals surface area contributed by atoms with E-state index in [1.165, 1.54) is 39.2 Å². The fourth-order valence-corrected chi connectivity index (χ4v) is 14.5. The van der Waals surface area contributed by atoms with Gasteiger partial charge in [0.25, 0.3) is 0 Å². The molecular weight excluding hydrogens is 807 g/mol. The smallest absolute Gasteiger partial charge is 0.0273 e. The van der Waals surface area contributed by atoms with Gasteiger partial charge < -0.3 is 0 Å². The summed E-state index contributed by atoms with van der Waals surface area (Å²) in [6.07, 6.45) is 32.9. The first-order chi connectivity index (χ1) is 26.7. The molecule has 0 aliphatic heterocycles. The molecule has 0 unspecified atom stereocenters. The number of benzene rings is 3. The van der Waals surface area contributed by atoms with Crippen molar-refractivity contribution < 1.29 is 13.5 Å². The number of aromatic nitrogens is 2. The van der Waals surface area contributed by atoms with E-state index in [0.29, 0.717) is 0 Å². The Morgan fingerprint density at radius 3 is 1.09 bits per heavy atom. The molecule has 3 fully saturated rings. The van der Waals surface area contributed by atoms with E-state index in [1.807, 2.05) is 122 Å². The zero-order chi connectivity index (χ0) is 37.5. The molecule has 3 aliphatic carbocycles. The number of nitrogens with zero attached hydrogens (tertiary/aromatic N) is 2. The number of hydrogen-bond donors (Lipinski definition) is 0. The third-order valence-electron chi connectivity index (χ3n) is 10.9. The summed E-state index contributed by atoms with van der Waals surface area (Å²) in [4.78, 5) is 7.94. The summed E-state index contributed by atoms with van der Waals surface area (Å²) in [6.45, 7) is 0. The van der Waals surface area contributed by atoms with Gasteiger partial charge in [-0.25, -0.2) is 0 Å². The monoisotopic (exact) mass is 865 g/mol. The SMILES string of the molecule is C1CCC([PH+](C2CCCCC2)C2CCCCC2)CC1.[Cl][Ru]([Cl])=[C]=Cc1ccccc1.c1ccc(-c2ccncc2)cc1.c1ccc(-c2ccncc2)cc1. The minimum atomic E-state index is -1.74. The second-order valence-electron chi connectivity index (χ2n) is 14.5. The molecule has 0 N–H and O–H groups in total. The maximum atomic E-state index is 5.59. The first-order valence-electron chi connectivity index (χ1n) is 20.1. The van der Waals surface area contributed by atoms with Gasteiger partial charge in [0.2, 0.25) is 0 Å². The van der Waals surface area contributed by atoms with E-state index in [9.17, 15) is 0 Å². The largest absolute Gasteiger partial charge is 0.265 e. The minimum Gasteiger partial charge on any atom is -0.265 e. The van der Waals surface area contributed by atoms with Crippen molar-refractivity contribution in [2.24, 2.45) is 0 Å². The van der Waals surface area contributed by atoms with Crippen LogP contribution in [0.15, 0.2) is 140 Å². The Bertz CT molecular complexity index is 1560. The van der Waals surface area contributed by atoms with Gasteiger partial charge in [-0.2, -0.15) is 0 Å². The van der Waals surface area contributed by atoms with Gasteiger partial charge in [0, 0.05) is 32.7 Å². The van der Waals surface area contributed by atoms with E-state index >= 15 is 0 Å². The van der Waals surface area contributed by atoms with Crippen LogP contribution in [-0.4, -0.2) is 31.2 Å². The van der Waals surface area contributed by atoms with Crippen molar-refractivity contribution in [3.63, 3.8) is 0 Å². The number of pyridine rings is 2.